The molecule has 0 aliphatic heterocycles. The quantitative estimate of drug-likeness (QED) is 0.710. The molecule has 0 aromatic heterocycles. The van der Waals surface area contributed by atoms with Crippen LogP contribution in [0.2, 0.25) is 0 Å². The second-order valence-electron chi connectivity index (χ2n) is 4.65. The zero-order valence-corrected chi connectivity index (χ0v) is 9.13. The Morgan fingerprint density at radius 3 is 2.31 bits per heavy atom. The van der Waals surface area contributed by atoms with Gasteiger partial charge in [0.25, 0.3) is 0 Å². The van der Waals surface area contributed by atoms with Crippen molar-refractivity contribution in [3.63, 3.8) is 0 Å². The summed E-state index contributed by atoms with van der Waals surface area (Å²) in [6.45, 7) is 4.19. The van der Waals surface area contributed by atoms with Gasteiger partial charge in [-0.1, -0.05) is 45.4 Å². The highest BCUT2D eigenvalue weighted by Gasteiger charge is 2.22. The highest BCUT2D eigenvalue weighted by atomic mass is 16.3. The molecule has 1 aliphatic rings. The lowest BCUT2D eigenvalue weighted by molar-refractivity contribution is 0.123. The molecule has 1 nitrogen and oxygen atoms in total. The first-order valence-corrected chi connectivity index (χ1v) is 5.92. The van der Waals surface area contributed by atoms with Crippen molar-refractivity contribution in [3.05, 3.63) is 0 Å². The van der Waals surface area contributed by atoms with Crippen LogP contribution >= 0.6 is 0 Å². The average Bonchev–Trinajstić information content (AvgIpc) is 2.15. The predicted molar refractivity (Wildman–Crippen MR) is 56.7 cm³/mol. The molecule has 0 radical (unpaired) electrons. The largest absolute Gasteiger partial charge is 0.393 e. The number of rotatable bonds is 4. The molecule has 1 saturated carbocycles. The number of hydrogen-bond donors (Lipinski definition) is 1. The minimum Gasteiger partial charge on any atom is -0.393 e. The first-order chi connectivity index (χ1) is 6.24. The summed E-state index contributed by atoms with van der Waals surface area (Å²) in [6.07, 6.45) is 9.24. The van der Waals surface area contributed by atoms with Crippen molar-refractivity contribution in [2.24, 2.45) is 11.8 Å². The Labute approximate surface area is 82.5 Å². The number of aliphatic hydroxyl groups is 1. The van der Waals surface area contributed by atoms with Crippen molar-refractivity contribution < 1.29 is 5.11 Å². The monoisotopic (exact) mass is 184 g/mol. The Morgan fingerprint density at radius 2 is 1.85 bits per heavy atom. The van der Waals surface area contributed by atoms with Gasteiger partial charge in [-0.15, -0.1) is 0 Å². The summed E-state index contributed by atoms with van der Waals surface area (Å²) in [4.78, 5) is 0. The topological polar surface area (TPSA) is 20.2 Å². The van der Waals surface area contributed by atoms with Crippen LogP contribution in [0.25, 0.3) is 0 Å². The maximum atomic E-state index is 9.38. The van der Waals surface area contributed by atoms with Crippen molar-refractivity contribution in [1.82, 2.24) is 0 Å². The van der Waals surface area contributed by atoms with Gasteiger partial charge < -0.3 is 5.11 Å². The van der Waals surface area contributed by atoms with Gasteiger partial charge in [-0.2, -0.15) is 0 Å². The molecule has 1 rings (SSSR count). The Morgan fingerprint density at radius 1 is 1.23 bits per heavy atom. The molecule has 0 heterocycles. The van der Waals surface area contributed by atoms with Crippen LogP contribution < -0.4 is 0 Å². The number of hydrogen-bond acceptors (Lipinski definition) is 1. The van der Waals surface area contributed by atoms with Crippen LogP contribution in [0.5, 0.6) is 0 Å². The molecule has 0 aromatic carbocycles. The molecule has 0 amide bonds. The standard InChI is InChI=1S/C12H24O/c1-3-11(9-10(2)13)12-7-5-4-6-8-12/h10-13H,3-9H2,1-2H3. The molecule has 13 heavy (non-hydrogen) atoms. The molecule has 1 heteroatoms. The van der Waals surface area contributed by atoms with E-state index >= 15 is 0 Å². The highest BCUT2D eigenvalue weighted by Crippen LogP contribution is 2.33. The summed E-state index contributed by atoms with van der Waals surface area (Å²) in [5, 5.41) is 9.38. The second kappa shape index (κ2) is 5.64. The molecule has 78 valence electrons. The second-order valence-corrected chi connectivity index (χ2v) is 4.65. The van der Waals surface area contributed by atoms with Crippen LogP contribution in [0.4, 0.5) is 0 Å². The third-order valence-electron chi connectivity index (χ3n) is 3.48. The van der Waals surface area contributed by atoms with E-state index in [4.69, 9.17) is 0 Å². The van der Waals surface area contributed by atoms with Gasteiger partial charge in [-0.25, -0.2) is 0 Å². The van der Waals surface area contributed by atoms with Gasteiger partial charge in [-0.3, -0.25) is 0 Å². The van der Waals surface area contributed by atoms with Crippen LogP contribution in [-0.2, 0) is 0 Å². The fourth-order valence-electron chi connectivity index (χ4n) is 2.74. The maximum Gasteiger partial charge on any atom is 0.0514 e. The SMILES string of the molecule is CCC(CC(C)O)C1CCCCC1. The van der Waals surface area contributed by atoms with Crippen LogP contribution in [0.1, 0.15) is 58.8 Å². The highest BCUT2D eigenvalue weighted by molar-refractivity contribution is 4.74. The first kappa shape index (κ1) is 11.0. The lowest BCUT2D eigenvalue weighted by atomic mass is 9.76. The summed E-state index contributed by atoms with van der Waals surface area (Å²) in [6, 6.07) is 0. The van der Waals surface area contributed by atoms with E-state index < -0.39 is 0 Å². The fraction of sp³-hybridized carbons (Fsp3) is 1.00. The van der Waals surface area contributed by atoms with Gasteiger partial charge in [-0.05, 0) is 25.2 Å². The van der Waals surface area contributed by atoms with Gasteiger partial charge in [0.2, 0.25) is 0 Å². The Kier molecular flexibility index (Phi) is 4.79. The summed E-state index contributed by atoms with van der Waals surface area (Å²) in [5.74, 6) is 1.69. The van der Waals surface area contributed by atoms with E-state index in [0.717, 1.165) is 18.3 Å². The van der Waals surface area contributed by atoms with E-state index in [1.54, 1.807) is 0 Å². The minimum atomic E-state index is -0.105. The number of aliphatic hydroxyl groups excluding tert-OH is 1. The van der Waals surface area contributed by atoms with Crippen molar-refractivity contribution >= 4 is 0 Å². The molecule has 0 bridgehead atoms. The van der Waals surface area contributed by atoms with Gasteiger partial charge in [0, 0.05) is 0 Å². The Balaban J connectivity index is 2.34. The van der Waals surface area contributed by atoms with Gasteiger partial charge in [0.05, 0.1) is 6.10 Å². The average molecular weight is 184 g/mol. The van der Waals surface area contributed by atoms with Crippen molar-refractivity contribution in [3.8, 4) is 0 Å². The summed E-state index contributed by atoms with van der Waals surface area (Å²) in [5.41, 5.74) is 0. The van der Waals surface area contributed by atoms with E-state index in [0.29, 0.717) is 0 Å². The maximum absolute atomic E-state index is 9.38. The van der Waals surface area contributed by atoms with Crippen molar-refractivity contribution in [2.45, 2.75) is 64.9 Å². The molecule has 0 spiro atoms. The van der Waals surface area contributed by atoms with Gasteiger partial charge in [0.1, 0.15) is 0 Å². The van der Waals surface area contributed by atoms with E-state index in [9.17, 15) is 5.11 Å². The molecule has 0 aromatic rings. The zero-order chi connectivity index (χ0) is 9.68. The van der Waals surface area contributed by atoms with Crippen LogP contribution in [0, 0.1) is 11.8 Å². The van der Waals surface area contributed by atoms with Crippen molar-refractivity contribution in [2.75, 3.05) is 0 Å². The molecule has 0 saturated heterocycles. The Hall–Kier alpha value is -0.0400. The molecular formula is C12H24O. The smallest absolute Gasteiger partial charge is 0.0514 e. The Bertz CT molecular complexity index is 125. The van der Waals surface area contributed by atoms with E-state index in [2.05, 4.69) is 6.92 Å². The van der Waals surface area contributed by atoms with Gasteiger partial charge in [0.15, 0.2) is 0 Å². The summed E-state index contributed by atoms with van der Waals surface area (Å²) < 4.78 is 0. The molecule has 2 unspecified atom stereocenters. The molecule has 2 atom stereocenters. The predicted octanol–water partition coefficient (Wildman–Crippen LogP) is 3.36. The van der Waals surface area contributed by atoms with E-state index in [-0.39, 0.29) is 6.10 Å². The van der Waals surface area contributed by atoms with E-state index in [1.807, 2.05) is 6.92 Å². The zero-order valence-electron chi connectivity index (χ0n) is 9.13. The minimum absolute atomic E-state index is 0.105. The summed E-state index contributed by atoms with van der Waals surface area (Å²) in [7, 11) is 0. The van der Waals surface area contributed by atoms with Crippen molar-refractivity contribution in [1.29, 1.82) is 0 Å². The molecule has 1 N–H and O–H groups in total. The normalized spacial score (nSPS) is 24.2. The van der Waals surface area contributed by atoms with Gasteiger partial charge >= 0.3 is 0 Å². The fourth-order valence-corrected chi connectivity index (χ4v) is 2.74. The lowest BCUT2D eigenvalue weighted by Crippen LogP contribution is -2.21. The molecule has 1 aliphatic carbocycles. The molecule has 1 fully saturated rings. The third kappa shape index (κ3) is 3.68. The summed E-state index contributed by atoms with van der Waals surface area (Å²) >= 11 is 0. The lowest BCUT2D eigenvalue weighted by Gasteiger charge is -2.30. The van der Waals surface area contributed by atoms with Crippen LogP contribution in [0.15, 0.2) is 0 Å². The third-order valence-corrected chi connectivity index (χ3v) is 3.48. The van der Waals surface area contributed by atoms with E-state index in [1.165, 1.54) is 38.5 Å². The van der Waals surface area contributed by atoms with Crippen LogP contribution in [-0.4, -0.2) is 11.2 Å². The first-order valence-electron chi connectivity index (χ1n) is 5.92. The van der Waals surface area contributed by atoms with Crippen LogP contribution in [0.3, 0.4) is 0 Å². The molecular weight excluding hydrogens is 160 g/mol.